The van der Waals surface area contributed by atoms with Crippen LogP contribution in [-0.2, 0) is 0 Å². The summed E-state index contributed by atoms with van der Waals surface area (Å²) in [5.41, 5.74) is 7.62. The standard InChI is InChI=1S/C10H13BrFN/c1-6-3-10(12)9(11)4-8(6)7(2)5-13/h3-4,7H,5,13H2,1-2H3. The maximum atomic E-state index is 13.0. The van der Waals surface area contributed by atoms with Crippen LogP contribution in [-0.4, -0.2) is 6.54 Å². The Labute approximate surface area is 86.3 Å². The van der Waals surface area contributed by atoms with Gasteiger partial charge in [-0.15, -0.1) is 0 Å². The second-order valence-corrected chi connectivity index (χ2v) is 4.11. The fourth-order valence-corrected chi connectivity index (χ4v) is 1.68. The molecule has 1 atom stereocenters. The third-order valence-corrected chi connectivity index (χ3v) is 2.80. The highest BCUT2D eigenvalue weighted by Crippen LogP contribution is 2.25. The Kier molecular flexibility index (Phi) is 3.45. The molecule has 0 aromatic heterocycles. The SMILES string of the molecule is Cc1cc(F)c(Br)cc1C(C)CN. The lowest BCUT2D eigenvalue weighted by atomic mass is 9.97. The molecule has 1 unspecified atom stereocenters. The van der Waals surface area contributed by atoms with Crippen LogP contribution in [0.4, 0.5) is 4.39 Å². The molecule has 0 heterocycles. The van der Waals surface area contributed by atoms with Crippen molar-refractivity contribution < 1.29 is 4.39 Å². The van der Waals surface area contributed by atoms with Gasteiger partial charge >= 0.3 is 0 Å². The molecule has 0 spiro atoms. The summed E-state index contributed by atoms with van der Waals surface area (Å²) in [5, 5.41) is 0. The van der Waals surface area contributed by atoms with Gasteiger partial charge in [0.05, 0.1) is 4.47 Å². The molecular formula is C10H13BrFN. The normalized spacial score (nSPS) is 13.0. The summed E-state index contributed by atoms with van der Waals surface area (Å²) in [6, 6.07) is 3.34. The van der Waals surface area contributed by atoms with E-state index in [2.05, 4.69) is 15.9 Å². The van der Waals surface area contributed by atoms with Crippen molar-refractivity contribution in [3.63, 3.8) is 0 Å². The molecule has 1 aromatic carbocycles. The van der Waals surface area contributed by atoms with Gasteiger partial charge in [-0.2, -0.15) is 0 Å². The summed E-state index contributed by atoms with van der Waals surface area (Å²) in [6.45, 7) is 4.52. The van der Waals surface area contributed by atoms with Crippen LogP contribution in [0, 0.1) is 12.7 Å². The van der Waals surface area contributed by atoms with Gasteiger partial charge in [0.25, 0.3) is 0 Å². The number of hydrogen-bond donors (Lipinski definition) is 1. The Morgan fingerprint density at radius 3 is 2.69 bits per heavy atom. The van der Waals surface area contributed by atoms with Crippen LogP contribution >= 0.6 is 15.9 Å². The molecule has 0 saturated heterocycles. The molecule has 13 heavy (non-hydrogen) atoms. The largest absolute Gasteiger partial charge is 0.330 e. The number of benzene rings is 1. The highest BCUT2D eigenvalue weighted by Gasteiger charge is 2.09. The second-order valence-electron chi connectivity index (χ2n) is 3.26. The molecule has 0 fully saturated rings. The summed E-state index contributed by atoms with van der Waals surface area (Å²) in [6.07, 6.45) is 0. The number of nitrogens with two attached hydrogens (primary N) is 1. The molecule has 1 rings (SSSR count). The lowest BCUT2D eigenvalue weighted by molar-refractivity contribution is 0.617. The third kappa shape index (κ3) is 2.29. The molecule has 3 heteroatoms. The topological polar surface area (TPSA) is 26.0 Å². The predicted molar refractivity (Wildman–Crippen MR) is 56.3 cm³/mol. The van der Waals surface area contributed by atoms with Crippen molar-refractivity contribution in [3.8, 4) is 0 Å². The van der Waals surface area contributed by atoms with Crippen molar-refractivity contribution in [2.24, 2.45) is 5.73 Å². The molecule has 0 aliphatic rings. The Morgan fingerprint density at radius 1 is 1.54 bits per heavy atom. The summed E-state index contributed by atoms with van der Waals surface area (Å²) < 4.78 is 13.6. The Hall–Kier alpha value is -0.410. The lowest BCUT2D eigenvalue weighted by Crippen LogP contribution is -2.10. The zero-order valence-electron chi connectivity index (χ0n) is 7.77. The third-order valence-electron chi connectivity index (χ3n) is 2.19. The predicted octanol–water partition coefficient (Wildman–Crippen LogP) is 2.96. The first kappa shape index (κ1) is 10.7. The van der Waals surface area contributed by atoms with Crippen molar-refractivity contribution >= 4 is 15.9 Å². The Morgan fingerprint density at radius 2 is 2.15 bits per heavy atom. The zero-order valence-corrected chi connectivity index (χ0v) is 9.36. The van der Waals surface area contributed by atoms with Gasteiger partial charge in [-0.05, 0) is 58.6 Å². The first-order valence-electron chi connectivity index (χ1n) is 4.22. The summed E-state index contributed by atoms with van der Waals surface area (Å²) in [7, 11) is 0. The van der Waals surface area contributed by atoms with E-state index < -0.39 is 0 Å². The van der Waals surface area contributed by atoms with Crippen LogP contribution < -0.4 is 5.73 Å². The maximum Gasteiger partial charge on any atom is 0.137 e. The van der Waals surface area contributed by atoms with E-state index >= 15 is 0 Å². The molecule has 1 nitrogen and oxygen atoms in total. The minimum absolute atomic E-state index is 0.217. The van der Waals surface area contributed by atoms with E-state index in [1.807, 2.05) is 19.9 Å². The molecule has 0 radical (unpaired) electrons. The highest BCUT2D eigenvalue weighted by molar-refractivity contribution is 9.10. The number of aryl methyl sites for hydroxylation is 1. The smallest absolute Gasteiger partial charge is 0.137 e. The molecule has 2 N–H and O–H groups in total. The minimum Gasteiger partial charge on any atom is -0.330 e. The second kappa shape index (κ2) is 4.20. The van der Waals surface area contributed by atoms with E-state index in [9.17, 15) is 4.39 Å². The molecular weight excluding hydrogens is 233 g/mol. The van der Waals surface area contributed by atoms with Crippen molar-refractivity contribution in [1.29, 1.82) is 0 Å². The average Bonchev–Trinajstić information content (AvgIpc) is 2.10. The quantitative estimate of drug-likeness (QED) is 0.852. The van der Waals surface area contributed by atoms with Crippen LogP contribution in [0.1, 0.15) is 24.0 Å². The number of halogens is 2. The van der Waals surface area contributed by atoms with Crippen LogP contribution in [0.15, 0.2) is 16.6 Å². The van der Waals surface area contributed by atoms with Gasteiger partial charge in [-0.3, -0.25) is 0 Å². The van der Waals surface area contributed by atoms with Crippen LogP contribution in [0.25, 0.3) is 0 Å². The molecule has 0 aliphatic carbocycles. The fourth-order valence-electron chi connectivity index (χ4n) is 1.32. The summed E-state index contributed by atoms with van der Waals surface area (Å²) >= 11 is 3.16. The molecule has 0 aliphatic heterocycles. The Bertz CT molecular complexity index is 312. The van der Waals surface area contributed by atoms with E-state index in [-0.39, 0.29) is 11.7 Å². The van der Waals surface area contributed by atoms with Crippen molar-refractivity contribution in [2.75, 3.05) is 6.54 Å². The molecule has 1 aromatic rings. The van der Waals surface area contributed by atoms with Gasteiger partial charge in [0, 0.05) is 0 Å². The van der Waals surface area contributed by atoms with E-state index in [4.69, 9.17) is 5.73 Å². The monoisotopic (exact) mass is 245 g/mol. The van der Waals surface area contributed by atoms with E-state index in [1.54, 1.807) is 0 Å². The fraction of sp³-hybridized carbons (Fsp3) is 0.400. The van der Waals surface area contributed by atoms with E-state index in [0.717, 1.165) is 11.1 Å². The van der Waals surface area contributed by atoms with Gasteiger partial charge < -0.3 is 5.73 Å². The van der Waals surface area contributed by atoms with Crippen LogP contribution in [0.2, 0.25) is 0 Å². The van der Waals surface area contributed by atoms with Crippen molar-refractivity contribution in [2.45, 2.75) is 19.8 Å². The lowest BCUT2D eigenvalue weighted by Gasteiger charge is -2.13. The van der Waals surface area contributed by atoms with Gasteiger partial charge in [-0.1, -0.05) is 6.92 Å². The average molecular weight is 246 g/mol. The molecule has 0 bridgehead atoms. The molecule has 0 amide bonds. The van der Waals surface area contributed by atoms with Crippen molar-refractivity contribution in [3.05, 3.63) is 33.5 Å². The molecule has 0 saturated carbocycles. The van der Waals surface area contributed by atoms with Gasteiger partial charge in [0.15, 0.2) is 0 Å². The van der Waals surface area contributed by atoms with E-state index in [1.165, 1.54) is 6.07 Å². The zero-order chi connectivity index (χ0) is 10.0. The summed E-state index contributed by atoms with van der Waals surface area (Å²) in [5.74, 6) is 0.0578. The van der Waals surface area contributed by atoms with Crippen LogP contribution in [0.5, 0.6) is 0 Å². The van der Waals surface area contributed by atoms with Crippen LogP contribution in [0.3, 0.4) is 0 Å². The van der Waals surface area contributed by atoms with Crippen molar-refractivity contribution in [1.82, 2.24) is 0 Å². The van der Waals surface area contributed by atoms with Gasteiger partial charge in [-0.25, -0.2) is 4.39 Å². The first-order valence-corrected chi connectivity index (χ1v) is 5.01. The summed E-state index contributed by atoms with van der Waals surface area (Å²) in [4.78, 5) is 0. The molecule has 72 valence electrons. The highest BCUT2D eigenvalue weighted by atomic mass is 79.9. The maximum absolute atomic E-state index is 13.0. The van der Waals surface area contributed by atoms with Gasteiger partial charge in [0.2, 0.25) is 0 Å². The number of hydrogen-bond acceptors (Lipinski definition) is 1. The van der Waals surface area contributed by atoms with Gasteiger partial charge in [0.1, 0.15) is 5.82 Å². The van der Waals surface area contributed by atoms with E-state index in [0.29, 0.717) is 11.0 Å². The minimum atomic E-state index is -0.217. The first-order chi connectivity index (χ1) is 6.06. The number of rotatable bonds is 2. The Balaban J connectivity index is 3.15.